The number of carbonyl (C=O) groups is 2. The van der Waals surface area contributed by atoms with Gasteiger partial charge in [0, 0.05) is 12.8 Å². The zero-order valence-electron chi connectivity index (χ0n) is 12.4. The molecule has 1 aliphatic carbocycles. The van der Waals surface area contributed by atoms with Gasteiger partial charge in [-0.3, -0.25) is 4.79 Å². The second-order valence-corrected chi connectivity index (χ2v) is 11.5. The maximum absolute atomic E-state index is 11.6. The molecule has 1 amide bonds. The molecule has 0 aliphatic heterocycles. The molecule has 2 N–H and O–H groups in total. The molecule has 6 heteroatoms. The second kappa shape index (κ2) is 5.62. The van der Waals surface area contributed by atoms with Gasteiger partial charge in [-0.2, -0.15) is 0 Å². The number of hydrogen-bond acceptors (Lipinski definition) is 3. The van der Waals surface area contributed by atoms with Gasteiger partial charge in [0.2, 0.25) is 0 Å². The minimum Gasteiger partial charge on any atom is -0.465 e. The lowest BCUT2D eigenvalue weighted by Gasteiger charge is -2.42. The van der Waals surface area contributed by atoms with E-state index in [1.54, 1.807) is 0 Å². The van der Waals surface area contributed by atoms with E-state index in [-0.39, 0.29) is 23.0 Å². The van der Waals surface area contributed by atoms with Gasteiger partial charge in [0.1, 0.15) is 5.78 Å². The zero-order chi connectivity index (χ0) is 14.8. The van der Waals surface area contributed by atoms with Crippen LogP contribution in [0.15, 0.2) is 0 Å². The van der Waals surface area contributed by atoms with Gasteiger partial charge in [-0.15, -0.1) is 0 Å². The number of amides is 1. The number of rotatable bonds is 3. The first-order valence-corrected chi connectivity index (χ1v) is 9.63. The van der Waals surface area contributed by atoms with Crippen LogP contribution in [0.5, 0.6) is 0 Å². The fraction of sp³-hybridized carbons (Fsp3) is 0.846. The summed E-state index contributed by atoms with van der Waals surface area (Å²) in [7, 11) is -2.00. The highest BCUT2D eigenvalue weighted by molar-refractivity contribution is 6.74. The first-order valence-electron chi connectivity index (χ1n) is 6.72. The van der Waals surface area contributed by atoms with Crippen LogP contribution in [-0.4, -0.2) is 37.4 Å². The maximum Gasteiger partial charge on any atom is 0.404 e. The third-order valence-corrected chi connectivity index (χ3v) is 8.68. The summed E-state index contributed by atoms with van der Waals surface area (Å²) < 4.78 is 6.22. The molecule has 0 aromatic carbocycles. The predicted octanol–water partition coefficient (Wildman–Crippen LogP) is 2.77. The van der Waals surface area contributed by atoms with Crippen LogP contribution >= 0.6 is 0 Å². The normalized spacial score (nSPS) is 25.2. The third-order valence-electron chi connectivity index (χ3n) is 4.17. The van der Waals surface area contributed by atoms with Crippen molar-refractivity contribution in [2.45, 2.75) is 70.3 Å². The average Bonchev–Trinajstić information content (AvgIpc) is 2.19. The van der Waals surface area contributed by atoms with Crippen molar-refractivity contribution in [1.82, 2.24) is 5.32 Å². The van der Waals surface area contributed by atoms with E-state index >= 15 is 0 Å². The lowest BCUT2D eigenvalue weighted by Crippen LogP contribution is -2.53. The molecule has 5 nitrogen and oxygen atoms in total. The van der Waals surface area contributed by atoms with Gasteiger partial charge in [-0.05, 0) is 24.6 Å². The molecule has 0 bridgehead atoms. The molecule has 0 aromatic heterocycles. The zero-order valence-corrected chi connectivity index (χ0v) is 13.4. The van der Waals surface area contributed by atoms with E-state index < -0.39 is 14.4 Å². The van der Waals surface area contributed by atoms with Crippen LogP contribution in [-0.2, 0) is 9.22 Å². The minimum atomic E-state index is -2.00. The van der Waals surface area contributed by atoms with E-state index in [0.29, 0.717) is 19.3 Å². The number of ketones is 1. The van der Waals surface area contributed by atoms with Crippen LogP contribution in [0.3, 0.4) is 0 Å². The molecule has 1 aliphatic rings. The molecule has 0 heterocycles. The molecule has 2 atom stereocenters. The van der Waals surface area contributed by atoms with Crippen molar-refractivity contribution in [3.05, 3.63) is 0 Å². The molecule has 0 aromatic rings. The fourth-order valence-corrected chi connectivity index (χ4v) is 3.33. The molecule has 1 rings (SSSR count). The Morgan fingerprint density at radius 3 is 2.47 bits per heavy atom. The van der Waals surface area contributed by atoms with Gasteiger partial charge in [0.15, 0.2) is 8.32 Å². The summed E-state index contributed by atoms with van der Waals surface area (Å²) in [5.74, 6) is 0.159. The van der Waals surface area contributed by atoms with Crippen molar-refractivity contribution in [2.75, 3.05) is 0 Å². The fourth-order valence-electron chi connectivity index (χ4n) is 1.97. The van der Waals surface area contributed by atoms with E-state index in [1.807, 2.05) is 0 Å². The van der Waals surface area contributed by atoms with Crippen LogP contribution in [0, 0.1) is 0 Å². The molecule has 0 radical (unpaired) electrons. The quantitative estimate of drug-likeness (QED) is 0.783. The van der Waals surface area contributed by atoms with Gasteiger partial charge in [0.05, 0.1) is 12.1 Å². The van der Waals surface area contributed by atoms with Crippen molar-refractivity contribution in [1.29, 1.82) is 0 Å². The number of Topliss-reactive ketones (excluding diaryl/α,β-unsaturated/α-hetero) is 1. The largest absolute Gasteiger partial charge is 0.465 e. The first-order chi connectivity index (χ1) is 8.53. The highest BCUT2D eigenvalue weighted by Gasteiger charge is 2.42. The number of nitrogens with one attached hydrogen (secondary N) is 1. The molecule has 0 saturated heterocycles. The van der Waals surface area contributed by atoms with Crippen LogP contribution in [0.1, 0.15) is 40.0 Å². The Morgan fingerprint density at radius 1 is 1.42 bits per heavy atom. The summed E-state index contributed by atoms with van der Waals surface area (Å²) >= 11 is 0. The number of carboxylic acid groups (broad SMARTS) is 1. The Kier molecular flexibility index (Phi) is 4.79. The predicted molar refractivity (Wildman–Crippen MR) is 75.9 cm³/mol. The Morgan fingerprint density at radius 2 is 2.00 bits per heavy atom. The summed E-state index contributed by atoms with van der Waals surface area (Å²) in [6.07, 6.45) is -0.0918. The van der Waals surface area contributed by atoms with E-state index in [1.165, 1.54) is 0 Å². The van der Waals surface area contributed by atoms with Crippen LogP contribution in [0.25, 0.3) is 0 Å². The van der Waals surface area contributed by atoms with Crippen molar-refractivity contribution in [3.63, 3.8) is 0 Å². The lowest BCUT2D eigenvalue weighted by molar-refractivity contribution is -0.123. The first kappa shape index (κ1) is 16.2. The molecule has 1 fully saturated rings. The summed E-state index contributed by atoms with van der Waals surface area (Å²) in [5.41, 5.74) is 0. The van der Waals surface area contributed by atoms with E-state index in [0.717, 1.165) is 0 Å². The number of carbonyl (C=O) groups excluding carboxylic acids is 1. The van der Waals surface area contributed by atoms with Gasteiger partial charge in [0.25, 0.3) is 0 Å². The average molecular weight is 287 g/mol. The highest BCUT2D eigenvalue weighted by Crippen LogP contribution is 2.38. The highest BCUT2D eigenvalue weighted by atomic mass is 28.4. The molecule has 0 spiro atoms. The molecule has 0 unspecified atom stereocenters. The molecular formula is C13H25NO4Si. The summed E-state index contributed by atoms with van der Waals surface area (Å²) in [5, 5.41) is 11.4. The summed E-state index contributed by atoms with van der Waals surface area (Å²) in [6, 6.07) is -0.274. The smallest absolute Gasteiger partial charge is 0.404 e. The topological polar surface area (TPSA) is 75.6 Å². The van der Waals surface area contributed by atoms with Gasteiger partial charge in [-0.1, -0.05) is 20.8 Å². The van der Waals surface area contributed by atoms with Crippen LogP contribution in [0.2, 0.25) is 18.1 Å². The molecular weight excluding hydrogens is 262 g/mol. The Balaban J connectivity index is 2.80. The lowest BCUT2D eigenvalue weighted by atomic mass is 9.92. The van der Waals surface area contributed by atoms with E-state index in [2.05, 4.69) is 39.2 Å². The Bertz CT molecular complexity index is 362. The second-order valence-electron chi connectivity index (χ2n) is 6.75. The summed E-state index contributed by atoms with van der Waals surface area (Å²) in [6.45, 7) is 10.6. The molecule has 19 heavy (non-hydrogen) atoms. The molecule has 1 saturated carbocycles. The minimum absolute atomic E-state index is 0.0429. The van der Waals surface area contributed by atoms with Gasteiger partial charge < -0.3 is 14.8 Å². The number of hydrogen-bond donors (Lipinski definition) is 2. The van der Waals surface area contributed by atoms with Gasteiger partial charge in [-0.25, -0.2) is 4.79 Å². The Labute approximate surface area is 115 Å². The van der Waals surface area contributed by atoms with Crippen molar-refractivity contribution < 1.29 is 19.1 Å². The van der Waals surface area contributed by atoms with Crippen molar-refractivity contribution in [3.8, 4) is 0 Å². The van der Waals surface area contributed by atoms with E-state index in [9.17, 15) is 9.59 Å². The van der Waals surface area contributed by atoms with E-state index in [4.69, 9.17) is 9.53 Å². The van der Waals surface area contributed by atoms with Crippen LogP contribution in [0.4, 0.5) is 4.79 Å². The monoisotopic (exact) mass is 287 g/mol. The maximum atomic E-state index is 11.6. The van der Waals surface area contributed by atoms with Crippen LogP contribution < -0.4 is 5.32 Å². The molecule has 110 valence electrons. The standard InChI is InChI=1S/C13H25NO4Si/c1-13(2,3)19(4,5)18-11-8-9(15)6-7-10(11)14-12(16)17/h10-11,14H,6-8H2,1-5H3,(H,16,17)/t10-,11-/m1/s1. The van der Waals surface area contributed by atoms with Crippen molar-refractivity contribution >= 4 is 20.2 Å². The third kappa shape index (κ3) is 4.31. The Hall–Kier alpha value is -0.883. The SMILES string of the molecule is CC(C)(C)[Si](C)(C)O[C@@H]1CC(=O)CC[C@H]1NC(=O)O. The summed E-state index contributed by atoms with van der Waals surface area (Å²) in [4.78, 5) is 22.4. The van der Waals surface area contributed by atoms with Gasteiger partial charge >= 0.3 is 6.09 Å². The van der Waals surface area contributed by atoms with Crippen molar-refractivity contribution in [2.24, 2.45) is 0 Å².